The average molecular weight is 393 g/mol. The molecule has 3 rings (SSSR count). The molecule has 0 bridgehead atoms. The van der Waals surface area contributed by atoms with Crippen LogP contribution in [0.15, 0.2) is 47.5 Å². The maximum atomic E-state index is 5.86. The summed E-state index contributed by atoms with van der Waals surface area (Å²) in [5.74, 6) is 1.15. The van der Waals surface area contributed by atoms with E-state index in [1.54, 1.807) is 0 Å². The third-order valence-electron chi connectivity index (χ3n) is 3.83. The van der Waals surface area contributed by atoms with Gasteiger partial charge in [-0.3, -0.25) is 4.99 Å². The smallest absolute Gasteiger partial charge is 0.175 e. The summed E-state index contributed by atoms with van der Waals surface area (Å²) < 4.78 is 0.616. The van der Waals surface area contributed by atoms with Gasteiger partial charge in [0.2, 0.25) is 0 Å². The molecule has 0 aliphatic heterocycles. The average Bonchev–Trinajstić information content (AvgIpc) is 2.99. The van der Waals surface area contributed by atoms with Crippen LogP contribution in [0, 0.1) is 4.77 Å². The lowest BCUT2D eigenvalue weighted by molar-refractivity contribution is 0.874. The second-order valence-corrected chi connectivity index (χ2v) is 6.69. The molecule has 0 radical (unpaired) electrons. The lowest BCUT2D eigenvalue weighted by Crippen LogP contribution is -2.27. The highest BCUT2D eigenvalue weighted by molar-refractivity contribution is 7.71. The summed E-state index contributed by atoms with van der Waals surface area (Å²) in [5, 5.41) is 0. The summed E-state index contributed by atoms with van der Waals surface area (Å²) in [6, 6.07) is 14.1. The number of aliphatic imine (C=N–C) groups is 1. The van der Waals surface area contributed by atoms with E-state index in [9.17, 15) is 0 Å². The van der Waals surface area contributed by atoms with E-state index in [1.165, 1.54) is 0 Å². The number of nitrogens with one attached hydrogen (secondary N) is 2. The number of benzene rings is 2. The van der Waals surface area contributed by atoms with Gasteiger partial charge in [-0.2, -0.15) is 0 Å². The van der Waals surface area contributed by atoms with Crippen molar-refractivity contribution in [2.75, 3.05) is 29.7 Å². The summed E-state index contributed by atoms with van der Waals surface area (Å²) in [6.07, 6.45) is 1.85. The van der Waals surface area contributed by atoms with Crippen LogP contribution in [0.25, 0.3) is 11.0 Å². The number of hydrogen-bond donors (Lipinski definition) is 2. The van der Waals surface area contributed by atoms with Gasteiger partial charge in [0.05, 0.1) is 16.7 Å². The van der Waals surface area contributed by atoms with Crippen LogP contribution in [0.1, 0.15) is 5.56 Å². The second kappa shape index (κ2) is 8.52. The van der Waals surface area contributed by atoms with Gasteiger partial charge in [-0.25, -0.2) is 0 Å². The van der Waals surface area contributed by atoms with Gasteiger partial charge < -0.3 is 14.9 Å². The molecule has 0 spiro atoms. The third-order valence-corrected chi connectivity index (χ3v) is 4.37. The molecule has 2 N–H and O–H groups in total. The van der Waals surface area contributed by atoms with Crippen molar-refractivity contribution < 1.29 is 0 Å². The van der Waals surface area contributed by atoms with Gasteiger partial charge in [-0.05, 0) is 48.1 Å². The summed E-state index contributed by atoms with van der Waals surface area (Å²) >= 11 is 16.8. The first-order valence-electron chi connectivity index (χ1n) is 7.92. The molecule has 7 heteroatoms. The normalized spacial score (nSPS) is 11.4. The molecule has 0 aliphatic rings. The lowest BCUT2D eigenvalue weighted by Gasteiger charge is -2.22. The molecule has 0 fully saturated rings. The molecule has 25 heavy (non-hydrogen) atoms. The van der Waals surface area contributed by atoms with E-state index >= 15 is 0 Å². The Morgan fingerprint density at radius 1 is 0.960 bits per heavy atom. The summed E-state index contributed by atoms with van der Waals surface area (Å²) in [7, 11) is 0. The van der Waals surface area contributed by atoms with Crippen molar-refractivity contribution >= 4 is 64.0 Å². The van der Waals surface area contributed by atoms with E-state index in [0.29, 0.717) is 16.5 Å². The van der Waals surface area contributed by atoms with Crippen LogP contribution in [0.5, 0.6) is 0 Å². The van der Waals surface area contributed by atoms with E-state index in [4.69, 9.17) is 35.4 Å². The number of H-pyrrole nitrogens is 2. The van der Waals surface area contributed by atoms with Crippen LogP contribution >= 0.6 is 35.4 Å². The van der Waals surface area contributed by atoms with Crippen LogP contribution in [0.3, 0.4) is 0 Å². The Morgan fingerprint density at radius 2 is 1.64 bits per heavy atom. The van der Waals surface area contributed by atoms with Gasteiger partial charge in [0.1, 0.15) is 0 Å². The van der Waals surface area contributed by atoms with Crippen LogP contribution in [0.4, 0.5) is 11.4 Å². The number of nitrogens with zero attached hydrogens (tertiary/aromatic N) is 2. The molecule has 0 atom stereocenters. The van der Waals surface area contributed by atoms with Gasteiger partial charge in [0.25, 0.3) is 0 Å². The number of hydrogen-bond acceptors (Lipinski definition) is 3. The quantitative estimate of drug-likeness (QED) is 0.327. The highest BCUT2D eigenvalue weighted by Crippen LogP contribution is 2.19. The van der Waals surface area contributed by atoms with Gasteiger partial charge in [0, 0.05) is 36.8 Å². The van der Waals surface area contributed by atoms with E-state index in [2.05, 4.69) is 32.0 Å². The van der Waals surface area contributed by atoms with Crippen molar-refractivity contribution in [2.45, 2.75) is 0 Å². The molecule has 0 aliphatic carbocycles. The van der Waals surface area contributed by atoms with Gasteiger partial charge in [0.15, 0.2) is 4.77 Å². The molecule has 0 amide bonds. The molecule has 1 aromatic heterocycles. The number of imidazole rings is 1. The highest BCUT2D eigenvalue weighted by atomic mass is 35.5. The number of alkyl halides is 2. The monoisotopic (exact) mass is 392 g/mol. The molecule has 130 valence electrons. The van der Waals surface area contributed by atoms with Gasteiger partial charge in [-0.15, -0.1) is 23.2 Å². The number of anilines is 1. The topological polar surface area (TPSA) is 47.2 Å². The molecule has 1 heterocycles. The predicted molar refractivity (Wildman–Crippen MR) is 111 cm³/mol. The molecule has 0 saturated carbocycles. The number of rotatable bonds is 7. The Hall–Kier alpha value is -1.82. The second-order valence-electron chi connectivity index (χ2n) is 5.52. The zero-order valence-corrected chi connectivity index (χ0v) is 15.8. The molecule has 0 saturated heterocycles. The standard InChI is InChI=1S/C18H18Cl2N4S/c19-7-9-24(10-8-20)15-4-1-13(2-5-15)12-21-14-3-6-16-17(11-14)23-18(25)22-16/h1-6,11-12H,7-10H2,(H2,22,23,25). The molecule has 0 unspecified atom stereocenters. The highest BCUT2D eigenvalue weighted by Gasteiger charge is 2.04. The zero-order chi connectivity index (χ0) is 17.6. The summed E-state index contributed by atoms with van der Waals surface area (Å²) in [4.78, 5) is 12.9. The molecular formula is C18H18Cl2N4S. The molecule has 3 aromatic rings. The number of fused-ring (bicyclic) bond motifs is 1. The fourth-order valence-corrected chi connectivity index (χ4v) is 3.22. The first kappa shape index (κ1) is 18.0. The minimum atomic E-state index is 0.574. The Morgan fingerprint density at radius 3 is 2.32 bits per heavy atom. The zero-order valence-electron chi connectivity index (χ0n) is 13.5. The first-order valence-corrected chi connectivity index (χ1v) is 9.40. The number of aromatic amines is 2. The number of aromatic nitrogens is 2. The van der Waals surface area contributed by atoms with Crippen LogP contribution in [0.2, 0.25) is 0 Å². The molecule has 2 aromatic carbocycles. The predicted octanol–water partition coefficient (Wildman–Crippen LogP) is 5.26. The van der Waals surface area contributed by atoms with Crippen molar-refractivity contribution in [3.63, 3.8) is 0 Å². The number of halogens is 2. The van der Waals surface area contributed by atoms with E-state index in [1.807, 2.05) is 36.5 Å². The maximum Gasteiger partial charge on any atom is 0.175 e. The summed E-state index contributed by atoms with van der Waals surface area (Å²) in [5.41, 5.74) is 4.94. The third kappa shape index (κ3) is 4.63. The van der Waals surface area contributed by atoms with Crippen molar-refractivity contribution in [2.24, 2.45) is 4.99 Å². The van der Waals surface area contributed by atoms with Crippen molar-refractivity contribution in [3.8, 4) is 0 Å². The van der Waals surface area contributed by atoms with Gasteiger partial charge >= 0.3 is 0 Å². The first-order chi connectivity index (χ1) is 12.2. The largest absolute Gasteiger partial charge is 0.369 e. The maximum absolute atomic E-state index is 5.86. The van der Waals surface area contributed by atoms with E-state index < -0.39 is 0 Å². The minimum Gasteiger partial charge on any atom is -0.369 e. The van der Waals surface area contributed by atoms with Crippen LogP contribution in [-0.4, -0.2) is 41.0 Å². The minimum absolute atomic E-state index is 0.574. The van der Waals surface area contributed by atoms with Gasteiger partial charge in [-0.1, -0.05) is 12.1 Å². The van der Waals surface area contributed by atoms with Crippen molar-refractivity contribution in [1.29, 1.82) is 0 Å². The van der Waals surface area contributed by atoms with Crippen LogP contribution < -0.4 is 4.90 Å². The fourth-order valence-electron chi connectivity index (χ4n) is 2.60. The van der Waals surface area contributed by atoms with Crippen LogP contribution in [-0.2, 0) is 0 Å². The Labute approximate surface area is 161 Å². The van der Waals surface area contributed by atoms with E-state index in [-0.39, 0.29) is 0 Å². The Kier molecular flexibility index (Phi) is 6.13. The molecular weight excluding hydrogens is 375 g/mol. The van der Waals surface area contributed by atoms with Crippen molar-refractivity contribution in [3.05, 3.63) is 52.8 Å². The summed E-state index contributed by atoms with van der Waals surface area (Å²) in [6.45, 7) is 1.56. The van der Waals surface area contributed by atoms with Crippen molar-refractivity contribution in [1.82, 2.24) is 9.97 Å². The fraction of sp³-hybridized carbons (Fsp3) is 0.222. The SMILES string of the molecule is S=c1[nH]c2ccc(N=Cc3ccc(N(CCCl)CCCl)cc3)cc2[nH]1. The Balaban J connectivity index is 1.75. The Bertz CT molecular complexity index is 909. The lowest BCUT2D eigenvalue weighted by atomic mass is 10.2. The molecule has 4 nitrogen and oxygen atoms in total. The van der Waals surface area contributed by atoms with E-state index in [0.717, 1.165) is 41.1 Å².